The van der Waals surface area contributed by atoms with Gasteiger partial charge in [0.15, 0.2) is 12.4 Å². The Bertz CT molecular complexity index is 1040. The van der Waals surface area contributed by atoms with Gasteiger partial charge < -0.3 is 4.74 Å². The Labute approximate surface area is 165 Å². The molecule has 148 valence electrons. The molecule has 0 N–H and O–H groups in total. The zero-order valence-corrected chi connectivity index (χ0v) is 17.2. The molecule has 0 bridgehead atoms. The van der Waals surface area contributed by atoms with Crippen molar-refractivity contribution in [3.8, 4) is 0 Å². The maximum atomic E-state index is 12.5. The molecule has 0 unspecified atom stereocenters. The highest BCUT2D eigenvalue weighted by Crippen LogP contribution is 2.34. The maximum absolute atomic E-state index is 12.5. The maximum Gasteiger partial charge on any atom is 0.338 e. The van der Waals surface area contributed by atoms with Gasteiger partial charge in [-0.05, 0) is 63.1 Å². The van der Waals surface area contributed by atoms with Crippen LogP contribution in [-0.4, -0.2) is 39.1 Å². The van der Waals surface area contributed by atoms with Crippen LogP contribution in [-0.2, 0) is 21.2 Å². The van der Waals surface area contributed by atoms with Gasteiger partial charge in [-0.1, -0.05) is 17.2 Å². The van der Waals surface area contributed by atoms with E-state index in [4.69, 9.17) is 4.74 Å². The van der Waals surface area contributed by atoms with E-state index >= 15 is 0 Å². The smallest absolute Gasteiger partial charge is 0.338 e. The lowest BCUT2D eigenvalue weighted by Gasteiger charge is -2.21. The standard InChI is InChI=1S/C21H23NO5S/c1-13-7-14(2)9-18(8-13)21(24)27-12-20(23)16-5-6-19-17(11-16)10-15(3)22(19)28(4,25)26/h5-9,11,15H,10,12H2,1-4H3/t15-/m0/s1. The Morgan fingerprint density at radius 3 is 2.32 bits per heavy atom. The molecule has 1 aliphatic rings. The molecule has 6 nitrogen and oxygen atoms in total. The number of hydrogen-bond donors (Lipinski definition) is 0. The van der Waals surface area contributed by atoms with Crippen LogP contribution in [0.3, 0.4) is 0 Å². The largest absolute Gasteiger partial charge is 0.454 e. The van der Waals surface area contributed by atoms with Gasteiger partial charge in [0, 0.05) is 11.6 Å². The summed E-state index contributed by atoms with van der Waals surface area (Å²) < 4.78 is 30.5. The van der Waals surface area contributed by atoms with Crippen molar-refractivity contribution in [3.05, 3.63) is 64.2 Å². The van der Waals surface area contributed by atoms with E-state index in [1.165, 1.54) is 10.6 Å². The molecular weight excluding hydrogens is 378 g/mol. The topological polar surface area (TPSA) is 80.8 Å². The van der Waals surface area contributed by atoms with E-state index in [2.05, 4.69) is 0 Å². The van der Waals surface area contributed by atoms with E-state index in [0.717, 1.165) is 16.7 Å². The van der Waals surface area contributed by atoms with Crippen molar-refractivity contribution in [1.82, 2.24) is 0 Å². The Morgan fingerprint density at radius 1 is 1.07 bits per heavy atom. The van der Waals surface area contributed by atoms with E-state index in [0.29, 0.717) is 23.2 Å². The second kappa shape index (κ2) is 7.39. The van der Waals surface area contributed by atoms with Crippen LogP contribution >= 0.6 is 0 Å². The van der Waals surface area contributed by atoms with Crippen molar-refractivity contribution < 1.29 is 22.7 Å². The summed E-state index contributed by atoms with van der Waals surface area (Å²) in [5.74, 6) is -0.871. The second-order valence-corrected chi connectivity index (χ2v) is 9.19. The fraction of sp³-hybridized carbons (Fsp3) is 0.333. The number of hydrogen-bond acceptors (Lipinski definition) is 5. The third-order valence-electron chi connectivity index (χ3n) is 4.70. The summed E-state index contributed by atoms with van der Waals surface area (Å²) in [4.78, 5) is 24.7. The SMILES string of the molecule is Cc1cc(C)cc(C(=O)OCC(=O)c2ccc3c(c2)C[C@H](C)N3S(C)(=O)=O)c1. The highest BCUT2D eigenvalue weighted by atomic mass is 32.2. The number of sulfonamides is 1. The second-order valence-electron chi connectivity index (χ2n) is 7.33. The van der Waals surface area contributed by atoms with Gasteiger partial charge in [0.25, 0.3) is 0 Å². The van der Waals surface area contributed by atoms with E-state index in [9.17, 15) is 18.0 Å². The molecule has 1 heterocycles. The normalized spacial score (nSPS) is 16.0. The molecule has 2 aromatic carbocycles. The van der Waals surface area contributed by atoms with Crippen molar-refractivity contribution in [2.45, 2.75) is 33.2 Å². The Kier molecular flexibility index (Phi) is 5.30. The molecule has 1 aliphatic heterocycles. The molecule has 0 aromatic heterocycles. The quantitative estimate of drug-likeness (QED) is 0.568. The van der Waals surface area contributed by atoms with E-state index in [1.807, 2.05) is 26.8 Å². The number of esters is 1. The van der Waals surface area contributed by atoms with Crippen LogP contribution in [0, 0.1) is 13.8 Å². The molecule has 0 amide bonds. The van der Waals surface area contributed by atoms with Crippen LogP contribution < -0.4 is 4.31 Å². The van der Waals surface area contributed by atoms with Gasteiger partial charge >= 0.3 is 5.97 Å². The summed E-state index contributed by atoms with van der Waals surface area (Å²) in [5, 5.41) is 0. The predicted octanol–water partition coefficient (Wildman–Crippen LogP) is 3.05. The summed E-state index contributed by atoms with van der Waals surface area (Å²) in [6.45, 7) is 5.24. The van der Waals surface area contributed by atoms with Crippen molar-refractivity contribution in [1.29, 1.82) is 0 Å². The van der Waals surface area contributed by atoms with Crippen LogP contribution in [0.5, 0.6) is 0 Å². The molecule has 0 aliphatic carbocycles. The van der Waals surface area contributed by atoms with E-state index in [1.54, 1.807) is 30.3 Å². The first kappa shape index (κ1) is 20.1. The van der Waals surface area contributed by atoms with Gasteiger partial charge in [0.2, 0.25) is 10.0 Å². The van der Waals surface area contributed by atoms with Gasteiger partial charge in [0.1, 0.15) is 0 Å². The molecule has 1 atom stereocenters. The molecule has 0 spiro atoms. The first-order valence-electron chi connectivity index (χ1n) is 8.97. The van der Waals surface area contributed by atoms with Crippen LogP contribution in [0.4, 0.5) is 5.69 Å². The molecule has 28 heavy (non-hydrogen) atoms. The van der Waals surface area contributed by atoms with Crippen LogP contribution in [0.25, 0.3) is 0 Å². The Hall–Kier alpha value is -2.67. The third-order valence-corrected chi connectivity index (χ3v) is 5.97. The number of carbonyl (C=O) groups excluding carboxylic acids is 2. The number of rotatable bonds is 5. The average molecular weight is 401 g/mol. The summed E-state index contributed by atoms with van der Waals surface area (Å²) in [5.41, 5.74) is 4.09. The molecule has 0 saturated carbocycles. The Balaban J connectivity index is 1.72. The first-order chi connectivity index (χ1) is 13.1. The number of nitrogens with zero attached hydrogens (tertiary/aromatic N) is 1. The van der Waals surface area contributed by atoms with Crippen molar-refractivity contribution in [2.24, 2.45) is 0 Å². The van der Waals surface area contributed by atoms with Gasteiger partial charge in [-0.2, -0.15) is 0 Å². The summed E-state index contributed by atoms with van der Waals surface area (Å²) in [6, 6.07) is 10.1. The van der Waals surface area contributed by atoms with Gasteiger partial charge in [-0.15, -0.1) is 0 Å². The minimum Gasteiger partial charge on any atom is -0.454 e. The van der Waals surface area contributed by atoms with Crippen LogP contribution in [0.1, 0.15) is 44.3 Å². The fourth-order valence-corrected chi connectivity index (χ4v) is 4.94. The molecule has 0 radical (unpaired) electrons. The van der Waals surface area contributed by atoms with Gasteiger partial charge in [0.05, 0.1) is 17.5 Å². The summed E-state index contributed by atoms with van der Waals surface area (Å²) >= 11 is 0. The number of carbonyl (C=O) groups is 2. The average Bonchev–Trinajstić information content (AvgIpc) is 2.93. The molecule has 2 aromatic rings. The van der Waals surface area contributed by atoms with Gasteiger partial charge in [-0.25, -0.2) is 13.2 Å². The highest BCUT2D eigenvalue weighted by molar-refractivity contribution is 7.92. The minimum atomic E-state index is -3.38. The molecule has 3 rings (SSSR count). The summed E-state index contributed by atoms with van der Waals surface area (Å²) in [6.07, 6.45) is 1.70. The lowest BCUT2D eigenvalue weighted by atomic mass is 10.0. The predicted molar refractivity (Wildman–Crippen MR) is 107 cm³/mol. The van der Waals surface area contributed by atoms with Crippen molar-refractivity contribution in [2.75, 3.05) is 17.2 Å². The van der Waals surface area contributed by atoms with Crippen LogP contribution in [0.2, 0.25) is 0 Å². The number of ketones is 1. The number of aryl methyl sites for hydroxylation is 2. The van der Waals surface area contributed by atoms with Crippen molar-refractivity contribution >= 4 is 27.5 Å². The third kappa shape index (κ3) is 4.09. The fourth-order valence-electron chi connectivity index (χ4n) is 3.67. The monoisotopic (exact) mass is 401 g/mol. The number of benzene rings is 2. The van der Waals surface area contributed by atoms with Crippen molar-refractivity contribution in [3.63, 3.8) is 0 Å². The highest BCUT2D eigenvalue weighted by Gasteiger charge is 2.32. The zero-order chi connectivity index (χ0) is 20.6. The minimum absolute atomic E-state index is 0.197. The molecule has 0 saturated heterocycles. The number of fused-ring (bicyclic) bond motifs is 1. The van der Waals surface area contributed by atoms with E-state index in [-0.39, 0.29) is 18.4 Å². The number of Topliss-reactive ketones (excluding diaryl/α,β-unsaturated/α-hetero) is 1. The number of anilines is 1. The lowest BCUT2D eigenvalue weighted by Crippen LogP contribution is -2.34. The first-order valence-corrected chi connectivity index (χ1v) is 10.8. The lowest BCUT2D eigenvalue weighted by molar-refractivity contribution is 0.0474. The van der Waals surface area contributed by atoms with Gasteiger partial charge in [-0.3, -0.25) is 9.10 Å². The molecular formula is C21H23NO5S. The van der Waals surface area contributed by atoms with Crippen LogP contribution in [0.15, 0.2) is 36.4 Å². The molecule has 7 heteroatoms. The number of ether oxygens (including phenoxy) is 1. The summed E-state index contributed by atoms with van der Waals surface area (Å²) in [7, 11) is -3.38. The Morgan fingerprint density at radius 2 is 1.71 bits per heavy atom. The van der Waals surface area contributed by atoms with E-state index < -0.39 is 16.0 Å². The molecule has 0 fully saturated rings. The zero-order valence-electron chi connectivity index (χ0n) is 16.4.